The smallest absolute Gasteiger partial charge is 0.311 e. The number of thiazole rings is 2. The molecule has 1 N–H and O–H groups in total. The Morgan fingerprint density at radius 2 is 1.96 bits per heavy atom. The fraction of sp³-hybridized carbons (Fsp3) is 0.222. The number of carbonyl (C=O) groups is 2. The first-order valence-electron chi connectivity index (χ1n) is 8.01. The highest BCUT2D eigenvalue weighted by Crippen LogP contribution is 2.30. The van der Waals surface area contributed by atoms with Crippen LogP contribution in [0.25, 0.3) is 10.4 Å². The van der Waals surface area contributed by atoms with E-state index in [1.54, 1.807) is 12.3 Å². The highest BCUT2D eigenvalue weighted by molar-refractivity contribution is 7.15. The van der Waals surface area contributed by atoms with Gasteiger partial charge >= 0.3 is 5.97 Å². The molecule has 0 bridgehead atoms. The first kappa shape index (κ1) is 18.2. The number of nitrogens with one attached hydrogen (secondary N) is 1. The van der Waals surface area contributed by atoms with Gasteiger partial charge in [0.05, 0.1) is 28.6 Å². The molecule has 3 aromatic rings. The van der Waals surface area contributed by atoms with Gasteiger partial charge in [-0.15, -0.1) is 22.7 Å². The van der Waals surface area contributed by atoms with E-state index in [2.05, 4.69) is 15.3 Å². The molecule has 0 spiro atoms. The van der Waals surface area contributed by atoms with Crippen molar-refractivity contribution in [3.8, 4) is 10.4 Å². The van der Waals surface area contributed by atoms with Crippen molar-refractivity contribution < 1.29 is 14.3 Å². The number of carbonyl (C=O) groups excluding carboxylic acids is 2. The minimum atomic E-state index is -0.336. The number of esters is 1. The minimum Gasteiger partial charge on any atom is -0.466 e. The van der Waals surface area contributed by atoms with Gasteiger partial charge in [-0.05, 0) is 19.4 Å². The summed E-state index contributed by atoms with van der Waals surface area (Å²) in [5, 5.41) is 5.75. The van der Waals surface area contributed by atoms with Crippen molar-refractivity contribution in [2.24, 2.45) is 0 Å². The zero-order valence-electron chi connectivity index (χ0n) is 14.3. The number of hydrogen-bond donors (Lipinski definition) is 1. The molecule has 0 atom stereocenters. The molecule has 0 unspecified atom stereocenters. The number of rotatable bonds is 6. The second-order valence-corrected chi connectivity index (χ2v) is 7.42. The number of aryl methyl sites for hydroxylation is 1. The molecule has 2 heterocycles. The van der Waals surface area contributed by atoms with E-state index in [1.807, 2.05) is 37.3 Å². The third-order valence-corrected chi connectivity index (χ3v) is 5.21. The summed E-state index contributed by atoms with van der Waals surface area (Å²) in [5.74, 6) is -0.651. The number of aromatic nitrogens is 2. The van der Waals surface area contributed by atoms with Crippen LogP contribution >= 0.6 is 22.7 Å². The first-order valence-corrected chi connectivity index (χ1v) is 9.70. The summed E-state index contributed by atoms with van der Waals surface area (Å²) in [6.45, 7) is 3.96. The fourth-order valence-corrected chi connectivity index (χ4v) is 3.95. The Bertz CT molecular complexity index is 919. The number of anilines is 1. The van der Waals surface area contributed by atoms with Crippen molar-refractivity contribution in [1.82, 2.24) is 9.97 Å². The van der Waals surface area contributed by atoms with Gasteiger partial charge in [-0.2, -0.15) is 0 Å². The van der Waals surface area contributed by atoms with Crippen molar-refractivity contribution in [1.29, 1.82) is 0 Å². The summed E-state index contributed by atoms with van der Waals surface area (Å²) < 4.78 is 4.90. The molecule has 1 amide bonds. The van der Waals surface area contributed by atoms with E-state index in [0.717, 1.165) is 15.4 Å². The molecule has 0 aliphatic carbocycles. The van der Waals surface area contributed by atoms with E-state index in [9.17, 15) is 9.59 Å². The van der Waals surface area contributed by atoms with Crippen molar-refractivity contribution in [2.45, 2.75) is 20.3 Å². The summed E-state index contributed by atoms with van der Waals surface area (Å²) in [7, 11) is 0. The molecule has 0 radical (unpaired) electrons. The zero-order chi connectivity index (χ0) is 18.5. The molecule has 8 heteroatoms. The molecule has 0 saturated carbocycles. The lowest BCUT2D eigenvalue weighted by atomic mass is 10.1. The van der Waals surface area contributed by atoms with E-state index in [4.69, 9.17) is 4.74 Å². The second-order valence-electron chi connectivity index (χ2n) is 5.36. The Hall–Kier alpha value is -2.58. The average molecular weight is 387 g/mol. The van der Waals surface area contributed by atoms with Crippen molar-refractivity contribution >= 4 is 39.7 Å². The van der Waals surface area contributed by atoms with Crippen LogP contribution in [-0.4, -0.2) is 28.5 Å². The summed E-state index contributed by atoms with van der Waals surface area (Å²) in [4.78, 5) is 33.6. The Morgan fingerprint density at radius 1 is 1.19 bits per heavy atom. The summed E-state index contributed by atoms with van der Waals surface area (Å²) in [6.07, 6.45) is 0.0886. The maximum atomic E-state index is 12.7. The number of nitrogens with zero attached hydrogens (tertiary/aromatic N) is 2. The van der Waals surface area contributed by atoms with Crippen LogP contribution in [0.4, 0.5) is 5.13 Å². The molecule has 0 saturated heterocycles. The van der Waals surface area contributed by atoms with Gasteiger partial charge in [-0.1, -0.05) is 30.3 Å². The Labute approximate surface area is 158 Å². The van der Waals surface area contributed by atoms with Crippen LogP contribution in [-0.2, 0) is 16.0 Å². The predicted octanol–water partition coefficient (Wildman–Crippen LogP) is 3.93. The van der Waals surface area contributed by atoms with Gasteiger partial charge in [0.15, 0.2) is 5.13 Å². The number of amides is 1. The number of benzene rings is 1. The topological polar surface area (TPSA) is 81.2 Å². The van der Waals surface area contributed by atoms with Crippen LogP contribution in [0.5, 0.6) is 0 Å². The van der Waals surface area contributed by atoms with Gasteiger partial charge in [0.2, 0.25) is 0 Å². The Kier molecular flexibility index (Phi) is 5.75. The van der Waals surface area contributed by atoms with E-state index < -0.39 is 0 Å². The van der Waals surface area contributed by atoms with Crippen LogP contribution in [0.15, 0.2) is 35.7 Å². The molecule has 0 aliphatic heterocycles. The van der Waals surface area contributed by atoms with Crippen LogP contribution in [0.3, 0.4) is 0 Å². The molecule has 0 fully saturated rings. The number of ether oxygens (including phenoxy) is 1. The van der Waals surface area contributed by atoms with E-state index in [1.165, 1.54) is 22.7 Å². The summed E-state index contributed by atoms with van der Waals surface area (Å²) in [5.41, 5.74) is 1.90. The maximum absolute atomic E-state index is 12.7. The highest BCUT2D eigenvalue weighted by Gasteiger charge is 2.19. The molecular formula is C18H17N3O3S2. The summed E-state index contributed by atoms with van der Waals surface area (Å²) in [6, 6.07) is 9.68. The normalized spacial score (nSPS) is 10.5. The molecule has 26 heavy (non-hydrogen) atoms. The van der Waals surface area contributed by atoms with Crippen molar-refractivity contribution in [3.63, 3.8) is 0 Å². The standard InChI is InChI=1S/C18H17N3O3S2/c1-3-24-14(22)9-13-10-25-18(20-13)21-17(23)15-16(26-11(2)19-15)12-7-5-4-6-8-12/h4-8,10H,3,9H2,1-2H3,(H,20,21,23). The highest BCUT2D eigenvalue weighted by atomic mass is 32.1. The van der Waals surface area contributed by atoms with E-state index in [0.29, 0.717) is 23.1 Å². The Balaban J connectivity index is 1.75. The number of hydrogen-bond acceptors (Lipinski definition) is 7. The van der Waals surface area contributed by atoms with E-state index in [-0.39, 0.29) is 18.3 Å². The zero-order valence-corrected chi connectivity index (χ0v) is 15.9. The van der Waals surface area contributed by atoms with Gasteiger partial charge in [-0.3, -0.25) is 14.9 Å². The monoisotopic (exact) mass is 387 g/mol. The third kappa shape index (κ3) is 4.33. The lowest BCUT2D eigenvalue weighted by Crippen LogP contribution is -2.13. The van der Waals surface area contributed by atoms with Crippen LogP contribution in [0.1, 0.15) is 28.1 Å². The van der Waals surface area contributed by atoms with Crippen LogP contribution < -0.4 is 5.32 Å². The van der Waals surface area contributed by atoms with Gasteiger partial charge < -0.3 is 4.74 Å². The van der Waals surface area contributed by atoms with Crippen LogP contribution in [0.2, 0.25) is 0 Å². The molecule has 0 aliphatic rings. The predicted molar refractivity (Wildman–Crippen MR) is 103 cm³/mol. The largest absolute Gasteiger partial charge is 0.466 e. The quantitative estimate of drug-likeness (QED) is 0.648. The van der Waals surface area contributed by atoms with Gasteiger partial charge in [0.25, 0.3) is 5.91 Å². The molecule has 2 aromatic heterocycles. The fourth-order valence-electron chi connectivity index (χ4n) is 2.33. The van der Waals surface area contributed by atoms with Crippen molar-refractivity contribution in [2.75, 3.05) is 11.9 Å². The van der Waals surface area contributed by atoms with E-state index >= 15 is 0 Å². The third-order valence-electron chi connectivity index (χ3n) is 3.39. The van der Waals surface area contributed by atoms with Crippen molar-refractivity contribution in [3.05, 3.63) is 52.1 Å². The van der Waals surface area contributed by atoms with Gasteiger partial charge in [-0.25, -0.2) is 9.97 Å². The Morgan fingerprint density at radius 3 is 2.69 bits per heavy atom. The molecular weight excluding hydrogens is 370 g/mol. The lowest BCUT2D eigenvalue weighted by molar-refractivity contribution is -0.142. The van der Waals surface area contributed by atoms with Gasteiger partial charge in [0, 0.05) is 5.38 Å². The summed E-state index contributed by atoms with van der Waals surface area (Å²) >= 11 is 2.74. The molecule has 3 rings (SSSR count). The average Bonchev–Trinajstić information content (AvgIpc) is 3.22. The SMILES string of the molecule is CCOC(=O)Cc1csc(NC(=O)c2nc(C)sc2-c2ccccc2)n1. The first-order chi connectivity index (χ1) is 12.6. The van der Waals surface area contributed by atoms with Gasteiger partial charge in [0.1, 0.15) is 5.69 Å². The molecule has 1 aromatic carbocycles. The minimum absolute atomic E-state index is 0.0886. The molecule has 134 valence electrons. The van der Waals surface area contributed by atoms with Crippen LogP contribution in [0, 0.1) is 6.92 Å². The molecule has 6 nitrogen and oxygen atoms in total. The maximum Gasteiger partial charge on any atom is 0.311 e. The lowest BCUT2D eigenvalue weighted by Gasteiger charge is -2.02. The second kappa shape index (κ2) is 8.20.